The second kappa shape index (κ2) is 5.57. The van der Waals surface area contributed by atoms with Gasteiger partial charge in [-0.1, -0.05) is 13.8 Å². The minimum absolute atomic E-state index is 0.0132. The molecule has 1 atom stereocenters. The zero-order valence-electron chi connectivity index (χ0n) is 11.5. The van der Waals surface area contributed by atoms with Gasteiger partial charge < -0.3 is 9.32 Å². The molecule has 1 fully saturated rings. The first-order valence-corrected chi connectivity index (χ1v) is 6.75. The van der Waals surface area contributed by atoms with Crippen molar-refractivity contribution in [2.45, 2.75) is 33.2 Å². The van der Waals surface area contributed by atoms with Crippen LogP contribution < -0.4 is 4.90 Å². The van der Waals surface area contributed by atoms with Gasteiger partial charge in [0.1, 0.15) is 0 Å². The van der Waals surface area contributed by atoms with E-state index in [4.69, 9.17) is 4.42 Å². The van der Waals surface area contributed by atoms with Crippen LogP contribution in [0.5, 0.6) is 0 Å². The number of rotatable bonds is 5. The minimum Gasteiger partial charge on any atom is -0.437 e. The van der Waals surface area contributed by atoms with Crippen LogP contribution in [0.15, 0.2) is 16.5 Å². The van der Waals surface area contributed by atoms with E-state index in [2.05, 4.69) is 23.6 Å². The molecule has 2 heterocycles. The van der Waals surface area contributed by atoms with Gasteiger partial charge in [0.05, 0.1) is 0 Å². The molecule has 1 saturated heterocycles. The highest BCUT2D eigenvalue weighted by Gasteiger charge is 2.27. The van der Waals surface area contributed by atoms with Gasteiger partial charge in [0, 0.05) is 32.1 Å². The molecule has 1 aliphatic heterocycles. The Morgan fingerprint density at radius 2 is 2.17 bits per heavy atom. The smallest absolute Gasteiger partial charge is 0.196 e. The third-order valence-electron chi connectivity index (χ3n) is 3.74. The summed E-state index contributed by atoms with van der Waals surface area (Å²) in [6.07, 6.45) is 1.16. The summed E-state index contributed by atoms with van der Waals surface area (Å²) in [5.41, 5.74) is 0. The average molecular weight is 250 g/mol. The Labute approximate surface area is 109 Å². The van der Waals surface area contributed by atoms with Crippen LogP contribution in [0.25, 0.3) is 0 Å². The highest BCUT2D eigenvalue weighted by atomic mass is 16.4. The Bertz CT molecular complexity index is 410. The number of nitrogens with zero attached hydrogens (tertiary/aromatic N) is 2. The van der Waals surface area contributed by atoms with Gasteiger partial charge in [-0.3, -0.25) is 9.69 Å². The van der Waals surface area contributed by atoms with Crippen molar-refractivity contribution in [2.75, 3.05) is 31.1 Å². The van der Waals surface area contributed by atoms with Gasteiger partial charge in [0.2, 0.25) is 0 Å². The molecule has 0 aromatic carbocycles. The Hall–Kier alpha value is -1.29. The topological polar surface area (TPSA) is 36.7 Å². The summed E-state index contributed by atoms with van der Waals surface area (Å²) in [6, 6.07) is 4.27. The molecule has 1 aliphatic rings. The number of anilines is 1. The van der Waals surface area contributed by atoms with Gasteiger partial charge in [0.25, 0.3) is 0 Å². The summed E-state index contributed by atoms with van der Waals surface area (Å²) >= 11 is 0. The van der Waals surface area contributed by atoms with Crippen LogP contribution in [0.1, 0.15) is 37.7 Å². The second-order valence-electron chi connectivity index (χ2n) is 4.80. The number of Topliss-reactive ketones (excluding diaryl/α,β-unsaturated/α-hetero) is 1. The number of hydrogen-bond donors (Lipinski definition) is 0. The number of likely N-dealkylation sites (N-methyl/N-ethyl adjacent to an activating group) is 1. The summed E-state index contributed by atoms with van der Waals surface area (Å²) < 4.78 is 5.58. The molecule has 18 heavy (non-hydrogen) atoms. The molecule has 2 rings (SSSR count). The van der Waals surface area contributed by atoms with Crippen molar-refractivity contribution in [3.05, 3.63) is 17.9 Å². The van der Waals surface area contributed by atoms with E-state index in [0.29, 0.717) is 11.8 Å². The van der Waals surface area contributed by atoms with Gasteiger partial charge in [0.15, 0.2) is 17.4 Å². The molecular formula is C14H22N2O2. The third kappa shape index (κ3) is 2.58. The Morgan fingerprint density at radius 3 is 2.72 bits per heavy atom. The summed E-state index contributed by atoms with van der Waals surface area (Å²) in [4.78, 5) is 15.9. The summed E-state index contributed by atoms with van der Waals surface area (Å²) in [5.74, 6) is 1.27. The van der Waals surface area contributed by atoms with Crippen LogP contribution in [0.2, 0.25) is 0 Å². The molecule has 0 amide bonds. The first-order valence-electron chi connectivity index (χ1n) is 6.75. The predicted molar refractivity (Wildman–Crippen MR) is 72.3 cm³/mol. The van der Waals surface area contributed by atoms with E-state index in [1.54, 1.807) is 6.07 Å². The van der Waals surface area contributed by atoms with Crippen LogP contribution in [-0.2, 0) is 0 Å². The van der Waals surface area contributed by atoms with E-state index < -0.39 is 0 Å². The third-order valence-corrected chi connectivity index (χ3v) is 3.74. The standard InChI is InChI=1S/C14H22N2O2/c1-4-15(5-2)12-8-9-16(10-12)14-7-6-13(18-14)11(3)17/h6-7,12H,4-5,8-10H2,1-3H3. The summed E-state index contributed by atoms with van der Waals surface area (Å²) in [7, 11) is 0. The minimum atomic E-state index is -0.0132. The van der Waals surface area contributed by atoms with E-state index in [9.17, 15) is 4.79 Å². The maximum Gasteiger partial charge on any atom is 0.196 e. The number of furan rings is 1. The van der Waals surface area contributed by atoms with Crippen LogP contribution in [0.4, 0.5) is 5.88 Å². The highest BCUT2D eigenvalue weighted by molar-refractivity contribution is 5.91. The predicted octanol–water partition coefficient (Wildman–Crippen LogP) is 2.40. The molecule has 0 aliphatic carbocycles. The van der Waals surface area contributed by atoms with Crippen molar-refractivity contribution in [2.24, 2.45) is 0 Å². The van der Waals surface area contributed by atoms with Gasteiger partial charge in [-0.25, -0.2) is 0 Å². The lowest BCUT2D eigenvalue weighted by molar-refractivity contribution is 0.0988. The first kappa shape index (κ1) is 13.1. The Kier molecular flexibility index (Phi) is 4.07. The molecule has 4 heteroatoms. The van der Waals surface area contributed by atoms with E-state index in [-0.39, 0.29) is 5.78 Å². The van der Waals surface area contributed by atoms with E-state index >= 15 is 0 Å². The lowest BCUT2D eigenvalue weighted by Crippen LogP contribution is -2.37. The Morgan fingerprint density at radius 1 is 1.44 bits per heavy atom. The molecule has 1 aromatic heterocycles. The number of hydrogen-bond acceptors (Lipinski definition) is 4. The van der Waals surface area contributed by atoms with Gasteiger partial charge in [-0.2, -0.15) is 0 Å². The molecule has 0 bridgehead atoms. The van der Waals surface area contributed by atoms with E-state index in [1.165, 1.54) is 6.92 Å². The molecule has 0 N–H and O–H groups in total. The summed E-state index contributed by atoms with van der Waals surface area (Å²) in [6.45, 7) is 10.1. The number of ketones is 1. The first-order chi connectivity index (χ1) is 8.65. The van der Waals surface area contributed by atoms with Crippen molar-refractivity contribution in [1.29, 1.82) is 0 Å². The lowest BCUT2D eigenvalue weighted by Gasteiger charge is -2.25. The molecule has 0 radical (unpaired) electrons. The van der Waals surface area contributed by atoms with Crippen molar-refractivity contribution >= 4 is 11.7 Å². The van der Waals surface area contributed by atoms with Crippen LogP contribution in [0.3, 0.4) is 0 Å². The second-order valence-corrected chi connectivity index (χ2v) is 4.80. The maximum atomic E-state index is 11.2. The molecular weight excluding hydrogens is 228 g/mol. The zero-order valence-corrected chi connectivity index (χ0v) is 11.5. The van der Waals surface area contributed by atoms with Crippen molar-refractivity contribution in [3.8, 4) is 0 Å². The largest absolute Gasteiger partial charge is 0.437 e. The molecule has 0 saturated carbocycles. The highest BCUT2D eigenvalue weighted by Crippen LogP contribution is 2.25. The molecule has 0 spiro atoms. The lowest BCUT2D eigenvalue weighted by atomic mass is 10.2. The zero-order chi connectivity index (χ0) is 13.1. The Balaban J connectivity index is 2.01. The number of carbonyl (C=O) groups excluding carboxylic acids is 1. The van der Waals surface area contributed by atoms with Gasteiger partial charge in [-0.05, 0) is 25.6 Å². The van der Waals surface area contributed by atoms with E-state index in [0.717, 1.165) is 38.5 Å². The quantitative estimate of drug-likeness (QED) is 0.752. The fourth-order valence-electron chi connectivity index (χ4n) is 2.67. The van der Waals surface area contributed by atoms with Crippen molar-refractivity contribution in [3.63, 3.8) is 0 Å². The maximum absolute atomic E-state index is 11.2. The normalized spacial score (nSPS) is 19.8. The van der Waals surface area contributed by atoms with Gasteiger partial charge in [-0.15, -0.1) is 0 Å². The fourth-order valence-corrected chi connectivity index (χ4v) is 2.67. The van der Waals surface area contributed by atoms with Crippen molar-refractivity contribution in [1.82, 2.24) is 4.90 Å². The van der Waals surface area contributed by atoms with Crippen LogP contribution in [-0.4, -0.2) is 42.9 Å². The molecule has 1 aromatic rings. The summed E-state index contributed by atoms with van der Waals surface area (Å²) in [5, 5.41) is 0. The van der Waals surface area contributed by atoms with E-state index in [1.807, 2.05) is 6.07 Å². The SMILES string of the molecule is CCN(CC)C1CCN(c2ccc(C(C)=O)o2)C1. The average Bonchev–Trinajstić information content (AvgIpc) is 2.98. The molecule has 100 valence electrons. The monoisotopic (exact) mass is 250 g/mol. The fraction of sp³-hybridized carbons (Fsp3) is 0.643. The molecule has 4 nitrogen and oxygen atoms in total. The van der Waals surface area contributed by atoms with Gasteiger partial charge >= 0.3 is 0 Å². The van der Waals surface area contributed by atoms with Crippen LogP contribution >= 0.6 is 0 Å². The molecule has 1 unspecified atom stereocenters. The van der Waals surface area contributed by atoms with Crippen molar-refractivity contribution < 1.29 is 9.21 Å². The van der Waals surface area contributed by atoms with Crippen LogP contribution in [0, 0.1) is 0 Å². The number of carbonyl (C=O) groups is 1.